The summed E-state index contributed by atoms with van der Waals surface area (Å²) in [7, 11) is -3.75. The van der Waals surface area contributed by atoms with E-state index < -0.39 is 28.0 Å². The van der Waals surface area contributed by atoms with Gasteiger partial charge in [0.25, 0.3) is 5.91 Å². The Labute approximate surface area is 167 Å². The van der Waals surface area contributed by atoms with E-state index in [-0.39, 0.29) is 16.1 Å². The van der Waals surface area contributed by atoms with Gasteiger partial charge in [-0.2, -0.15) is 4.31 Å². The molecule has 1 N–H and O–H groups in total. The number of sulfonamides is 1. The minimum Gasteiger partial charge on any atom is -0.406 e. The van der Waals surface area contributed by atoms with Crippen molar-refractivity contribution < 1.29 is 31.1 Å². The highest BCUT2D eigenvalue weighted by Crippen LogP contribution is 2.25. The largest absolute Gasteiger partial charge is 0.573 e. The molecule has 0 saturated heterocycles. The number of anilines is 1. The number of alkyl halides is 3. The van der Waals surface area contributed by atoms with E-state index in [4.69, 9.17) is 0 Å². The molecule has 0 aliphatic carbocycles. The topological polar surface area (TPSA) is 75.7 Å². The monoisotopic (exact) mass is 430 g/mol. The second-order valence-electron chi connectivity index (χ2n) is 6.10. The molecule has 0 aliphatic rings. The maximum Gasteiger partial charge on any atom is 0.573 e. The van der Waals surface area contributed by atoms with Crippen molar-refractivity contribution >= 4 is 21.6 Å². The first kappa shape index (κ1) is 22.7. The van der Waals surface area contributed by atoms with E-state index >= 15 is 0 Å². The number of rotatable bonds is 7. The minimum atomic E-state index is -4.81. The van der Waals surface area contributed by atoms with Gasteiger partial charge in [-0.25, -0.2) is 8.42 Å². The van der Waals surface area contributed by atoms with Crippen LogP contribution in [0.3, 0.4) is 0 Å². The van der Waals surface area contributed by atoms with Gasteiger partial charge in [0.05, 0.1) is 4.90 Å². The number of nitrogens with one attached hydrogen (secondary N) is 1. The van der Waals surface area contributed by atoms with Gasteiger partial charge in [-0.1, -0.05) is 19.9 Å². The van der Waals surface area contributed by atoms with Gasteiger partial charge in [-0.05, 0) is 48.9 Å². The van der Waals surface area contributed by atoms with Crippen LogP contribution in [0.5, 0.6) is 5.75 Å². The predicted octanol–water partition coefficient (Wildman–Crippen LogP) is 4.18. The molecule has 0 aliphatic heterocycles. The van der Waals surface area contributed by atoms with Gasteiger partial charge >= 0.3 is 6.36 Å². The Bertz CT molecular complexity index is 970. The molecule has 0 radical (unpaired) electrons. The number of aryl methyl sites for hydroxylation is 1. The molecule has 29 heavy (non-hydrogen) atoms. The van der Waals surface area contributed by atoms with Crippen LogP contribution >= 0.6 is 0 Å². The van der Waals surface area contributed by atoms with E-state index in [0.717, 1.165) is 12.1 Å². The summed E-state index contributed by atoms with van der Waals surface area (Å²) >= 11 is 0. The molecule has 0 unspecified atom stereocenters. The zero-order chi connectivity index (χ0) is 21.8. The van der Waals surface area contributed by atoms with Gasteiger partial charge < -0.3 is 10.1 Å². The summed E-state index contributed by atoms with van der Waals surface area (Å²) in [5.41, 5.74) is 0.845. The summed E-state index contributed by atoms with van der Waals surface area (Å²) in [6.45, 7) is 5.66. The fourth-order valence-corrected chi connectivity index (χ4v) is 4.37. The van der Waals surface area contributed by atoms with Crippen molar-refractivity contribution in [3.8, 4) is 5.75 Å². The van der Waals surface area contributed by atoms with E-state index in [1.54, 1.807) is 20.8 Å². The lowest BCUT2D eigenvalue weighted by atomic mass is 10.1. The van der Waals surface area contributed by atoms with Crippen LogP contribution < -0.4 is 10.1 Å². The molecule has 2 rings (SSSR count). The molecule has 0 fully saturated rings. The van der Waals surface area contributed by atoms with Gasteiger partial charge in [0.1, 0.15) is 5.75 Å². The number of halogens is 3. The Hall–Kier alpha value is -2.59. The molecule has 0 atom stereocenters. The first-order valence-corrected chi connectivity index (χ1v) is 10.2. The average Bonchev–Trinajstić information content (AvgIpc) is 2.63. The summed E-state index contributed by atoms with van der Waals surface area (Å²) in [4.78, 5) is 12.5. The quantitative estimate of drug-likeness (QED) is 0.715. The predicted molar refractivity (Wildman–Crippen MR) is 102 cm³/mol. The Kier molecular flexibility index (Phi) is 6.91. The standard InChI is InChI=1S/C19H21F3N2O4S/c1-4-24(5-2)29(26,27)17-12-14(7-6-13(17)3)18(25)23-15-8-10-16(11-9-15)28-19(20,21)22/h6-12H,4-5H2,1-3H3,(H,23,25). The fourth-order valence-electron chi connectivity index (χ4n) is 2.67. The van der Waals surface area contributed by atoms with Gasteiger partial charge in [0.2, 0.25) is 10.0 Å². The van der Waals surface area contributed by atoms with E-state index in [1.807, 2.05) is 0 Å². The van der Waals surface area contributed by atoms with Crippen molar-refractivity contribution in [2.75, 3.05) is 18.4 Å². The molecule has 0 heterocycles. The molecule has 0 bridgehead atoms. The smallest absolute Gasteiger partial charge is 0.406 e. The lowest BCUT2D eigenvalue weighted by Gasteiger charge is -2.20. The maximum absolute atomic E-state index is 12.8. The second-order valence-corrected chi connectivity index (χ2v) is 8.00. The van der Waals surface area contributed by atoms with Crippen LogP contribution in [-0.2, 0) is 10.0 Å². The van der Waals surface area contributed by atoms with Crippen LogP contribution in [0, 0.1) is 6.92 Å². The third-order valence-electron chi connectivity index (χ3n) is 4.12. The zero-order valence-corrected chi connectivity index (χ0v) is 16.9. The Morgan fingerprint density at radius 1 is 1.07 bits per heavy atom. The Morgan fingerprint density at radius 3 is 2.17 bits per heavy atom. The number of hydrogen-bond acceptors (Lipinski definition) is 4. The summed E-state index contributed by atoms with van der Waals surface area (Å²) in [5, 5.41) is 2.52. The number of hydrogen-bond donors (Lipinski definition) is 1. The van der Waals surface area contributed by atoms with E-state index in [0.29, 0.717) is 18.7 Å². The van der Waals surface area contributed by atoms with Gasteiger partial charge in [0.15, 0.2) is 0 Å². The number of benzene rings is 2. The highest BCUT2D eigenvalue weighted by molar-refractivity contribution is 7.89. The summed E-state index contributed by atoms with van der Waals surface area (Å²) in [5.74, 6) is -1.01. The van der Waals surface area contributed by atoms with E-state index in [9.17, 15) is 26.4 Å². The number of nitrogens with zero attached hydrogens (tertiary/aromatic N) is 1. The second kappa shape index (κ2) is 8.83. The van der Waals surface area contributed by atoms with E-state index in [1.165, 1.54) is 34.6 Å². The fraction of sp³-hybridized carbons (Fsp3) is 0.316. The molecular formula is C19H21F3N2O4S. The average molecular weight is 430 g/mol. The van der Waals surface area contributed by atoms with Crippen LogP contribution in [0.2, 0.25) is 0 Å². The van der Waals surface area contributed by atoms with Crippen LogP contribution in [0.4, 0.5) is 18.9 Å². The molecule has 0 saturated carbocycles. The first-order chi connectivity index (χ1) is 13.5. The molecule has 2 aromatic carbocycles. The van der Waals surface area contributed by atoms with Gasteiger partial charge in [0, 0.05) is 24.3 Å². The van der Waals surface area contributed by atoms with Crippen molar-refractivity contribution in [3.63, 3.8) is 0 Å². The highest BCUT2D eigenvalue weighted by Gasteiger charge is 2.31. The van der Waals surface area contributed by atoms with Crippen molar-refractivity contribution in [1.29, 1.82) is 0 Å². The lowest BCUT2D eigenvalue weighted by molar-refractivity contribution is -0.274. The van der Waals surface area contributed by atoms with Gasteiger partial charge in [-0.15, -0.1) is 13.2 Å². The number of ether oxygens (including phenoxy) is 1. The molecule has 158 valence electrons. The third kappa shape index (κ3) is 5.70. The lowest BCUT2D eigenvalue weighted by Crippen LogP contribution is -2.31. The zero-order valence-electron chi connectivity index (χ0n) is 16.1. The molecule has 0 spiro atoms. The van der Waals surface area contributed by atoms with Crippen molar-refractivity contribution in [2.24, 2.45) is 0 Å². The van der Waals surface area contributed by atoms with Gasteiger partial charge in [-0.3, -0.25) is 4.79 Å². The third-order valence-corrected chi connectivity index (χ3v) is 6.31. The normalized spacial score (nSPS) is 12.1. The molecule has 6 nitrogen and oxygen atoms in total. The van der Waals surface area contributed by atoms with Crippen LogP contribution in [0.25, 0.3) is 0 Å². The maximum atomic E-state index is 12.8. The number of carbonyl (C=O) groups is 1. The minimum absolute atomic E-state index is 0.0303. The number of amides is 1. The summed E-state index contributed by atoms with van der Waals surface area (Å²) in [6, 6.07) is 8.93. The van der Waals surface area contributed by atoms with Crippen LogP contribution in [0.15, 0.2) is 47.4 Å². The molecule has 10 heteroatoms. The SMILES string of the molecule is CCN(CC)S(=O)(=O)c1cc(C(=O)Nc2ccc(OC(F)(F)F)cc2)ccc1C. The first-order valence-electron chi connectivity index (χ1n) is 8.76. The molecule has 1 amide bonds. The summed E-state index contributed by atoms with van der Waals surface area (Å²) < 4.78 is 67.2. The Morgan fingerprint density at radius 2 is 1.66 bits per heavy atom. The molecular weight excluding hydrogens is 409 g/mol. The van der Waals surface area contributed by atoms with Crippen molar-refractivity contribution in [1.82, 2.24) is 4.31 Å². The highest BCUT2D eigenvalue weighted by atomic mass is 32.2. The van der Waals surface area contributed by atoms with Crippen molar-refractivity contribution in [2.45, 2.75) is 32.0 Å². The number of carbonyl (C=O) groups excluding carboxylic acids is 1. The Balaban J connectivity index is 2.24. The van der Waals surface area contributed by atoms with Crippen LogP contribution in [0.1, 0.15) is 29.8 Å². The molecule has 0 aromatic heterocycles. The summed E-state index contributed by atoms with van der Waals surface area (Å²) in [6.07, 6.45) is -4.81. The van der Waals surface area contributed by atoms with Crippen LogP contribution in [-0.4, -0.2) is 38.1 Å². The van der Waals surface area contributed by atoms with E-state index in [2.05, 4.69) is 10.1 Å². The molecule has 2 aromatic rings. The van der Waals surface area contributed by atoms with Crippen molar-refractivity contribution in [3.05, 3.63) is 53.6 Å².